The Bertz CT molecular complexity index is 824. The van der Waals surface area contributed by atoms with E-state index in [1.54, 1.807) is 0 Å². The van der Waals surface area contributed by atoms with E-state index in [0.717, 1.165) is 38.1 Å². The molecule has 2 heterocycles. The highest BCUT2D eigenvalue weighted by molar-refractivity contribution is 7.89. The summed E-state index contributed by atoms with van der Waals surface area (Å²) in [6.45, 7) is 6.92. The molecule has 6 nitrogen and oxygen atoms in total. The first-order valence-corrected chi connectivity index (χ1v) is 11.1. The SMILES string of the molecule is CC(C)CCN1CCC(N2CCN(S(=O)(=O)c3ccc(F)cc3F)CC2)C1=O. The van der Waals surface area contributed by atoms with Crippen LogP contribution < -0.4 is 0 Å². The highest BCUT2D eigenvalue weighted by Gasteiger charge is 2.39. The molecule has 0 radical (unpaired) electrons. The number of carbonyl (C=O) groups excluding carboxylic acids is 1. The zero-order valence-corrected chi connectivity index (χ0v) is 17.1. The van der Waals surface area contributed by atoms with Gasteiger partial charge in [0, 0.05) is 45.3 Å². The van der Waals surface area contributed by atoms with Crippen molar-refractivity contribution in [1.82, 2.24) is 14.1 Å². The van der Waals surface area contributed by atoms with Crippen LogP contribution in [0.2, 0.25) is 0 Å². The highest BCUT2D eigenvalue weighted by Crippen LogP contribution is 2.24. The molecule has 1 unspecified atom stereocenters. The molecule has 0 spiro atoms. The summed E-state index contributed by atoms with van der Waals surface area (Å²) in [6.07, 6.45) is 1.71. The molecule has 1 amide bonds. The molecule has 0 aromatic heterocycles. The number of rotatable bonds is 6. The van der Waals surface area contributed by atoms with E-state index in [1.165, 1.54) is 4.31 Å². The van der Waals surface area contributed by atoms with Crippen molar-refractivity contribution in [1.29, 1.82) is 0 Å². The third-order valence-corrected chi connectivity index (χ3v) is 7.40. The second kappa shape index (κ2) is 8.42. The van der Waals surface area contributed by atoms with Crippen LogP contribution in [-0.4, -0.2) is 73.7 Å². The average molecular weight is 416 g/mol. The predicted octanol–water partition coefficient (Wildman–Crippen LogP) is 1.92. The van der Waals surface area contributed by atoms with Gasteiger partial charge in [0.1, 0.15) is 16.5 Å². The summed E-state index contributed by atoms with van der Waals surface area (Å²) in [6, 6.07) is 2.26. The normalized spacial score (nSPS) is 22.4. The van der Waals surface area contributed by atoms with Gasteiger partial charge in [0.15, 0.2) is 0 Å². The number of sulfonamides is 1. The van der Waals surface area contributed by atoms with Gasteiger partial charge in [0.05, 0.1) is 6.04 Å². The van der Waals surface area contributed by atoms with E-state index in [-0.39, 0.29) is 25.0 Å². The van der Waals surface area contributed by atoms with Crippen LogP contribution in [0.4, 0.5) is 8.78 Å². The lowest BCUT2D eigenvalue weighted by Gasteiger charge is -2.36. The molecule has 0 aliphatic carbocycles. The Morgan fingerprint density at radius 1 is 1.11 bits per heavy atom. The van der Waals surface area contributed by atoms with Crippen molar-refractivity contribution in [2.24, 2.45) is 5.92 Å². The lowest BCUT2D eigenvalue weighted by molar-refractivity contribution is -0.132. The molecular weight excluding hydrogens is 388 g/mol. The topological polar surface area (TPSA) is 60.9 Å². The fourth-order valence-electron chi connectivity index (χ4n) is 3.78. The molecule has 1 aromatic carbocycles. The van der Waals surface area contributed by atoms with Gasteiger partial charge < -0.3 is 4.90 Å². The van der Waals surface area contributed by atoms with E-state index in [4.69, 9.17) is 0 Å². The van der Waals surface area contributed by atoms with Crippen molar-refractivity contribution in [2.75, 3.05) is 39.3 Å². The van der Waals surface area contributed by atoms with Crippen LogP contribution in [-0.2, 0) is 14.8 Å². The minimum absolute atomic E-state index is 0.113. The molecule has 0 bridgehead atoms. The largest absolute Gasteiger partial charge is 0.341 e. The fourth-order valence-corrected chi connectivity index (χ4v) is 5.24. The van der Waals surface area contributed by atoms with Crippen LogP contribution >= 0.6 is 0 Å². The molecule has 0 N–H and O–H groups in total. The quantitative estimate of drug-likeness (QED) is 0.712. The number of benzene rings is 1. The summed E-state index contributed by atoms with van der Waals surface area (Å²) < 4.78 is 53.6. The van der Waals surface area contributed by atoms with Gasteiger partial charge in [-0.25, -0.2) is 17.2 Å². The molecule has 1 atom stereocenters. The first-order valence-electron chi connectivity index (χ1n) is 9.68. The number of hydrogen-bond donors (Lipinski definition) is 0. The number of piperazine rings is 1. The zero-order chi connectivity index (χ0) is 20.5. The predicted molar refractivity (Wildman–Crippen MR) is 101 cm³/mol. The van der Waals surface area contributed by atoms with E-state index in [0.29, 0.717) is 25.1 Å². The first-order chi connectivity index (χ1) is 13.2. The molecule has 28 heavy (non-hydrogen) atoms. The second-order valence-electron chi connectivity index (χ2n) is 7.83. The van der Waals surface area contributed by atoms with E-state index < -0.39 is 26.6 Å². The Labute approximate surface area is 165 Å². The van der Waals surface area contributed by atoms with Crippen LogP contribution in [0.5, 0.6) is 0 Å². The third kappa shape index (κ3) is 4.36. The van der Waals surface area contributed by atoms with E-state index in [2.05, 4.69) is 13.8 Å². The van der Waals surface area contributed by atoms with Crippen molar-refractivity contribution in [3.63, 3.8) is 0 Å². The van der Waals surface area contributed by atoms with E-state index in [1.807, 2.05) is 9.80 Å². The summed E-state index contributed by atoms with van der Waals surface area (Å²) >= 11 is 0. The molecule has 3 rings (SSSR count). The number of hydrogen-bond acceptors (Lipinski definition) is 4. The standard InChI is InChI=1S/C19H27F2N3O3S/c1-14(2)5-7-23-8-6-17(19(23)25)22-9-11-24(12-10-22)28(26,27)18-4-3-15(20)13-16(18)21/h3-4,13-14,17H,5-12H2,1-2H3. The highest BCUT2D eigenvalue weighted by atomic mass is 32.2. The molecule has 1 aromatic rings. The van der Waals surface area contributed by atoms with Crippen molar-refractivity contribution >= 4 is 15.9 Å². The molecule has 0 saturated carbocycles. The van der Waals surface area contributed by atoms with Gasteiger partial charge in [0.2, 0.25) is 15.9 Å². The van der Waals surface area contributed by atoms with Crippen LogP contribution in [0.1, 0.15) is 26.7 Å². The fraction of sp³-hybridized carbons (Fsp3) is 0.632. The molecule has 2 fully saturated rings. The maximum Gasteiger partial charge on any atom is 0.246 e. The lowest BCUT2D eigenvalue weighted by atomic mass is 10.1. The number of halogens is 2. The van der Waals surface area contributed by atoms with Gasteiger partial charge in [-0.15, -0.1) is 0 Å². The number of carbonyl (C=O) groups is 1. The monoisotopic (exact) mass is 415 g/mol. The minimum Gasteiger partial charge on any atom is -0.341 e. The number of likely N-dealkylation sites (tertiary alicyclic amines) is 1. The zero-order valence-electron chi connectivity index (χ0n) is 16.3. The van der Waals surface area contributed by atoms with Crippen molar-refractivity contribution in [3.8, 4) is 0 Å². The summed E-state index contributed by atoms with van der Waals surface area (Å²) in [4.78, 5) is 16.1. The van der Waals surface area contributed by atoms with Gasteiger partial charge in [-0.1, -0.05) is 13.8 Å². The maximum atomic E-state index is 13.9. The summed E-state index contributed by atoms with van der Waals surface area (Å²) in [7, 11) is -4.03. The van der Waals surface area contributed by atoms with Crippen molar-refractivity contribution in [3.05, 3.63) is 29.8 Å². The molecule has 2 aliphatic heterocycles. The van der Waals surface area contributed by atoms with Crippen LogP contribution in [0.15, 0.2) is 23.1 Å². The molecule has 9 heteroatoms. The van der Waals surface area contributed by atoms with Gasteiger partial charge >= 0.3 is 0 Å². The van der Waals surface area contributed by atoms with Crippen LogP contribution in [0, 0.1) is 17.6 Å². The Morgan fingerprint density at radius 2 is 1.79 bits per heavy atom. The molecule has 2 saturated heterocycles. The minimum atomic E-state index is -4.03. The van der Waals surface area contributed by atoms with Gasteiger partial charge in [0.25, 0.3) is 0 Å². The van der Waals surface area contributed by atoms with Gasteiger partial charge in [-0.05, 0) is 30.9 Å². The second-order valence-corrected chi connectivity index (χ2v) is 9.73. The van der Waals surface area contributed by atoms with Gasteiger partial charge in [-0.2, -0.15) is 4.31 Å². The van der Waals surface area contributed by atoms with E-state index >= 15 is 0 Å². The summed E-state index contributed by atoms with van der Waals surface area (Å²) in [5.41, 5.74) is 0. The van der Waals surface area contributed by atoms with Crippen molar-refractivity contribution < 1.29 is 22.0 Å². The van der Waals surface area contributed by atoms with Crippen molar-refractivity contribution in [2.45, 2.75) is 37.6 Å². The number of amides is 1. The summed E-state index contributed by atoms with van der Waals surface area (Å²) in [5, 5.41) is 0. The molecular formula is C19H27F2N3O3S. The van der Waals surface area contributed by atoms with Crippen LogP contribution in [0.3, 0.4) is 0 Å². The smallest absolute Gasteiger partial charge is 0.246 e. The van der Waals surface area contributed by atoms with Crippen LogP contribution in [0.25, 0.3) is 0 Å². The Kier molecular flexibility index (Phi) is 6.36. The Morgan fingerprint density at radius 3 is 2.39 bits per heavy atom. The van der Waals surface area contributed by atoms with Gasteiger partial charge in [-0.3, -0.25) is 9.69 Å². The number of nitrogens with zero attached hydrogens (tertiary/aromatic N) is 3. The average Bonchev–Trinajstić information content (AvgIpc) is 3.00. The molecule has 156 valence electrons. The summed E-state index contributed by atoms with van der Waals surface area (Å²) in [5.74, 6) is -1.26. The molecule has 2 aliphatic rings. The Hall–Kier alpha value is -1.58. The van der Waals surface area contributed by atoms with E-state index in [9.17, 15) is 22.0 Å². The Balaban J connectivity index is 1.61. The first kappa shape index (κ1) is 21.1. The lowest BCUT2D eigenvalue weighted by Crippen LogP contribution is -2.53. The third-order valence-electron chi connectivity index (χ3n) is 5.47. The maximum absolute atomic E-state index is 13.9.